The van der Waals surface area contributed by atoms with Crippen LogP contribution in [0.1, 0.15) is 51.0 Å². The van der Waals surface area contributed by atoms with Gasteiger partial charge in [-0.05, 0) is 64.3 Å². The van der Waals surface area contributed by atoms with Crippen molar-refractivity contribution in [2.75, 3.05) is 13.1 Å². The van der Waals surface area contributed by atoms with Gasteiger partial charge in [-0.25, -0.2) is 13.1 Å². The molecule has 2 N–H and O–H groups in total. The molecular weight excluding hydrogens is 308 g/mol. The predicted molar refractivity (Wildman–Crippen MR) is 95.0 cm³/mol. The summed E-state index contributed by atoms with van der Waals surface area (Å²) in [6.45, 7) is 5.80. The van der Waals surface area contributed by atoms with Crippen LogP contribution in [0.25, 0.3) is 0 Å². The molecule has 1 aliphatic rings. The SMILES string of the molecule is Cc1ccc(S(=O)(=O)NC(C)CCNCC2CCCCC2)cc1. The van der Waals surface area contributed by atoms with Crippen LogP contribution >= 0.6 is 0 Å². The van der Waals surface area contributed by atoms with Gasteiger partial charge in [0.25, 0.3) is 0 Å². The minimum Gasteiger partial charge on any atom is -0.316 e. The van der Waals surface area contributed by atoms with Gasteiger partial charge in [0.1, 0.15) is 0 Å². The lowest BCUT2D eigenvalue weighted by Gasteiger charge is -2.22. The smallest absolute Gasteiger partial charge is 0.240 e. The number of hydrogen-bond acceptors (Lipinski definition) is 3. The van der Waals surface area contributed by atoms with E-state index in [4.69, 9.17) is 0 Å². The molecule has 0 spiro atoms. The Kier molecular flexibility index (Phi) is 7.06. The van der Waals surface area contributed by atoms with Crippen molar-refractivity contribution in [1.82, 2.24) is 10.0 Å². The fourth-order valence-corrected chi connectivity index (χ4v) is 4.40. The summed E-state index contributed by atoms with van der Waals surface area (Å²) >= 11 is 0. The average Bonchev–Trinajstić information content (AvgIpc) is 2.52. The van der Waals surface area contributed by atoms with E-state index >= 15 is 0 Å². The van der Waals surface area contributed by atoms with E-state index in [0.29, 0.717) is 4.90 Å². The van der Waals surface area contributed by atoms with E-state index in [1.807, 2.05) is 26.0 Å². The quantitative estimate of drug-likeness (QED) is 0.716. The van der Waals surface area contributed by atoms with Crippen molar-refractivity contribution in [3.05, 3.63) is 29.8 Å². The minimum absolute atomic E-state index is 0.0693. The Bertz CT molecular complexity index is 563. The average molecular weight is 339 g/mol. The van der Waals surface area contributed by atoms with Crippen molar-refractivity contribution < 1.29 is 8.42 Å². The molecule has 0 heterocycles. The van der Waals surface area contributed by atoms with Crippen molar-refractivity contribution in [2.45, 2.75) is 63.3 Å². The molecule has 1 atom stereocenters. The molecule has 1 unspecified atom stereocenters. The van der Waals surface area contributed by atoms with Crippen LogP contribution in [0.15, 0.2) is 29.2 Å². The summed E-state index contributed by atoms with van der Waals surface area (Å²) in [7, 11) is -3.41. The number of benzene rings is 1. The molecule has 1 aromatic rings. The summed E-state index contributed by atoms with van der Waals surface area (Å²) in [5, 5.41) is 3.48. The number of rotatable bonds is 8. The Morgan fingerprint density at radius 1 is 1.13 bits per heavy atom. The van der Waals surface area contributed by atoms with Gasteiger partial charge in [-0.15, -0.1) is 0 Å². The van der Waals surface area contributed by atoms with Crippen LogP contribution in [0.4, 0.5) is 0 Å². The highest BCUT2D eigenvalue weighted by molar-refractivity contribution is 7.89. The van der Waals surface area contributed by atoms with Gasteiger partial charge in [-0.1, -0.05) is 37.0 Å². The summed E-state index contributed by atoms with van der Waals surface area (Å²) in [6.07, 6.45) is 7.58. The molecule has 1 fully saturated rings. The number of nitrogens with one attached hydrogen (secondary N) is 2. The van der Waals surface area contributed by atoms with Crippen LogP contribution in [-0.4, -0.2) is 27.5 Å². The number of hydrogen-bond donors (Lipinski definition) is 2. The Balaban J connectivity index is 1.71. The van der Waals surface area contributed by atoms with Crippen LogP contribution in [0.5, 0.6) is 0 Å². The van der Waals surface area contributed by atoms with Crippen molar-refractivity contribution in [2.24, 2.45) is 5.92 Å². The maximum Gasteiger partial charge on any atom is 0.240 e. The van der Waals surface area contributed by atoms with Crippen LogP contribution in [0.2, 0.25) is 0 Å². The first-order valence-corrected chi connectivity index (χ1v) is 10.3. The Hall–Kier alpha value is -0.910. The van der Waals surface area contributed by atoms with Gasteiger partial charge < -0.3 is 5.32 Å². The maximum absolute atomic E-state index is 12.3. The molecule has 0 aromatic heterocycles. The zero-order valence-electron chi connectivity index (χ0n) is 14.3. The van der Waals surface area contributed by atoms with E-state index in [0.717, 1.165) is 31.0 Å². The highest BCUT2D eigenvalue weighted by Crippen LogP contribution is 2.22. The minimum atomic E-state index is -3.41. The van der Waals surface area contributed by atoms with Gasteiger partial charge in [-0.2, -0.15) is 0 Å². The van der Waals surface area contributed by atoms with E-state index in [1.165, 1.54) is 32.1 Å². The standard InChI is InChI=1S/C18H30N2O2S/c1-15-8-10-18(11-9-15)23(21,22)20-16(2)12-13-19-14-17-6-4-3-5-7-17/h8-11,16-17,19-20H,3-7,12-14H2,1-2H3. The summed E-state index contributed by atoms with van der Waals surface area (Å²) in [4.78, 5) is 0.338. The fraction of sp³-hybridized carbons (Fsp3) is 0.667. The largest absolute Gasteiger partial charge is 0.316 e. The fourth-order valence-electron chi connectivity index (χ4n) is 3.13. The molecule has 23 heavy (non-hydrogen) atoms. The first-order chi connectivity index (χ1) is 11.0. The van der Waals surface area contributed by atoms with E-state index in [-0.39, 0.29) is 6.04 Å². The van der Waals surface area contributed by atoms with Crippen LogP contribution in [0, 0.1) is 12.8 Å². The monoisotopic (exact) mass is 338 g/mol. The zero-order chi connectivity index (χ0) is 16.7. The van der Waals surface area contributed by atoms with Gasteiger partial charge in [0.05, 0.1) is 4.90 Å². The van der Waals surface area contributed by atoms with Gasteiger partial charge >= 0.3 is 0 Å². The third-order valence-corrected chi connectivity index (χ3v) is 6.20. The Morgan fingerprint density at radius 3 is 2.43 bits per heavy atom. The van der Waals surface area contributed by atoms with E-state index in [9.17, 15) is 8.42 Å². The van der Waals surface area contributed by atoms with Crippen LogP contribution < -0.4 is 10.0 Å². The molecular formula is C18H30N2O2S. The summed E-state index contributed by atoms with van der Waals surface area (Å²) in [5.41, 5.74) is 1.06. The van der Waals surface area contributed by atoms with Gasteiger partial charge in [-0.3, -0.25) is 0 Å². The lowest BCUT2D eigenvalue weighted by molar-refractivity contribution is 0.340. The molecule has 5 heteroatoms. The maximum atomic E-state index is 12.3. The molecule has 1 saturated carbocycles. The number of sulfonamides is 1. The lowest BCUT2D eigenvalue weighted by Crippen LogP contribution is -2.35. The van der Waals surface area contributed by atoms with E-state index in [2.05, 4.69) is 10.0 Å². The topological polar surface area (TPSA) is 58.2 Å². The molecule has 2 rings (SSSR count). The van der Waals surface area contributed by atoms with E-state index in [1.54, 1.807) is 12.1 Å². The number of aryl methyl sites for hydroxylation is 1. The van der Waals surface area contributed by atoms with Crippen molar-refractivity contribution in [3.8, 4) is 0 Å². The molecule has 0 saturated heterocycles. The molecule has 130 valence electrons. The summed E-state index contributed by atoms with van der Waals surface area (Å²) in [6, 6.07) is 6.90. The highest BCUT2D eigenvalue weighted by Gasteiger charge is 2.17. The molecule has 0 amide bonds. The first-order valence-electron chi connectivity index (χ1n) is 8.77. The van der Waals surface area contributed by atoms with Crippen LogP contribution in [0.3, 0.4) is 0 Å². The molecule has 0 aliphatic heterocycles. The third kappa shape index (κ3) is 6.24. The highest BCUT2D eigenvalue weighted by atomic mass is 32.2. The molecule has 0 bridgehead atoms. The second kappa shape index (κ2) is 8.81. The molecule has 0 radical (unpaired) electrons. The van der Waals surface area contributed by atoms with Gasteiger partial charge in [0.2, 0.25) is 10.0 Å². The summed E-state index contributed by atoms with van der Waals surface area (Å²) in [5.74, 6) is 0.809. The Labute approximate surface area is 141 Å². The van der Waals surface area contributed by atoms with Crippen molar-refractivity contribution >= 4 is 10.0 Å². The Morgan fingerprint density at radius 2 is 1.78 bits per heavy atom. The molecule has 4 nitrogen and oxygen atoms in total. The molecule has 1 aliphatic carbocycles. The van der Waals surface area contributed by atoms with Crippen LogP contribution in [-0.2, 0) is 10.0 Å². The zero-order valence-corrected chi connectivity index (χ0v) is 15.2. The summed E-state index contributed by atoms with van der Waals surface area (Å²) < 4.78 is 27.4. The first kappa shape index (κ1) is 18.4. The normalized spacial score (nSPS) is 18.0. The third-order valence-electron chi connectivity index (χ3n) is 4.60. The second-order valence-corrected chi connectivity index (χ2v) is 8.55. The van der Waals surface area contributed by atoms with Gasteiger partial charge in [0, 0.05) is 6.04 Å². The van der Waals surface area contributed by atoms with Crippen molar-refractivity contribution in [3.63, 3.8) is 0 Å². The van der Waals surface area contributed by atoms with E-state index < -0.39 is 10.0 Å². The van der Waals surface area contributed by atoms with Crippen molar-refractivity contribution in [1.29, 1.82) is 0 Å². The molecule has 1 aromatic carbocycles. The lowest BCUT2D eigenvalue weighted by atomic mass is 9.89. The van der Waals surface area contributed by atoms with Gasteiger partial charge in [0.15, 0.2) is 0 Å². The predicted octanol–water partition coefficient (Wildman–Crippen LogP) is 3.22. The second-order valence-electron chi connectivity index (χ2n) is 6.83.